The van der Waals surface area contributed by atoms with Crippen LogP contribution in [0.3, 0.4) is 0 Å². The van der Waals surface area contributed by atoms with Gasteiger partial charge in [0.25, 0.3) is 5.56 Å². The molecule has 2 atom stereocenters. The van der Waals surface area contributed by atoms with Gasteiger partial charge in [-0.15, -0.1) is 11.3 Å². The molecule has 0 bridgehead atoms. The summed E-state index contributed by atoms with van der Waals surface area (Å²) in [5.41, 5.74) is 4.77. The maximum Gasteiger partial charge on any atom is 0.258 e. The second kappa shape index (κ2) is 6.54. The summed E-state index contributed by atoms with van der Waals surface area (Å²) >= 11 is 1.55. The zero-order valence-electron chi connectivity index (χ0n) is 15.7. The topological polar surface area (TPSA) is 78.4 Å². The number of nitriles is 1. The molecule has 0 radical (unpaired) electrons. The molecule has 2 aromatic heterocycles. The van der Waals surface area contributed by atoms with Gasteiger partial charge in [0.2, 0.25) is 0 Å². The van der Waals surface area contributed by atoms with Crippen LogP contribution in [-0.2, 0) is 6.42 Å². The summed E-state index contributed by atoms with van der Waals surface area (Å²) in [6.45, 7) is 2.20. The average molecular weight is 391 g/mol. The van der Waals surface area contributed by atoms with Crippen molar-refractivity contribution in [3.05, 3.63) is 67.6 Å². The molecule has 1 aromatic carbocycles. The molecular weight excluding hydrogens is 370 g/mol. The van der Waals surface area contributed by atoms with Crippen molar-refractivity contribution in [3.8, 4) is 6.07 Å². The summed E-state index contributed by atoms with van der Waals surface area (Å²) < 4.78 is 1.73. The van der Waals surface area contributed by atoms with Crippen LogP contribution in [0.1, 0.15) is 64.1 Å². The number of aryl methyl sites for hydroxylation is 1. The minimum absolute atomic E-state index is 0.0488. The molecule has 2 heterocycles. The standard InChI is InChI=1S/C22H21N3O2S/c1-12-21(19-8-16(19)11-26)25-20(27)9-17(24-22(25)28-12)7-15-6-13(10-23)2-5-18(15)14-3-4-14/h2,5-6,9,14,16,19,26H,3-4,7-8,11H2,1H3. The number of aliphatic hydroxyl groups is 1. The highest BCUT2D eigenvalue weighted by atomic mass is 32.1. The number of hydrogen-bond donors (Lipinski definition) is 1. The van der Waals surface area contributed by atoms with Crippen LogP contribution in [0.2, 0.25) is 0 Å². The summed E-state index contributed by atoms with van der Waals surface area (Å²) in [7, 11) is 0. The molecule has 0 amide bonds. The normalized spacial score (nSPS) is 21.0. The monoisotopic (exact) mass is 391 g/mol. The molecule has 2 aliphatic carbocycles. The number of aliphatic hydroxyl groups excluding tert-OH is 1. The third-order valence-corrected chi connectivity index (χ3v) is 6.93. The molecule has 0 saturated heterocycles. The van der Waals surface area contributed by atoms with Crippen LogP contribution in [-0.4, -0.2) is 21.1 Å². The van der Waals surface area contributed by atoms with Gasteiger partial charge in [-0.3, -0.25) is 9.20 Å². The van der Waals surface area contributed by atoms with Gasteiger partial charge in [-0.2, -0.15) is 5.26 Å². The van der Waals surface area contributed by atoms with Crippen LogP contribution >= 0.6 is 11.3 Å². The molecule has 0 aliphatic heterocycles. The summed E-state index contributed by atoms with van der Waals surface area (Å²) in [6.07, 6.45) is 3.88. The minimum Gasteiger partial charge on any atom is -0.396 e. The molecule has 2 saturated carbocycles. The highest BCUT2D eigenvalue weighted by Gasteiger charge is 2.41. The number of aromatic nitrogens is 2. The van der Waals surface area contributed by atoms with Gasteiger partial charge in [-0.05, 0) is 61.3 Å². The van der Waals surface area contributed by atoms with Crippen molar-refractivity contribution >= 4 is 16.3 Å². The molecular formula is C22H21N3O2S. The Morgan fingerprint density at radius 3 is 2.86 bits per heavy atom. The zero-order valence-corrected chi connectivity index (χ0v) is 16.5. The fraction of sp³-hybridized carbons (Fsp3) is 0.409. The van der Waals surface area contributed by atoms with Gasteiger partial charge < -0.3 is 5.11 Å². The van der Waals surface area contributed by atoms with Gasteiger partial charge in [0.15, 0.2) is 4.96 Å². The van der Waals surface area contributed by atoms with Crippen LogP contribution in [0.15, 0.2) is 29.1 Å². The van der Waals surface area contributed by atoms with E-state index >= 15 is 0 Å². The molecule has 2 aliphatic rings. The molecule has 142 valence electrons. The zero-order chi connectivity index (χ0) is 19.4. The van der Waals surface area contributed by atoms with Crippen molar-refractivity contribution in [2.75, 3.05) is 6.61 Å². The third-order valence-electron chi connectivity index (χ3n) is 5.96. The van der Waals surface area contributed by atoms with E-state index < -0.39 is 0 Å². The van der Waals surface area contributed by atoms with Crippen molar-refractivity contribution in [1.82, 2.24) is 9.38 Å². The summed E-state index contributed by atoms with van der Waals surface area (Å²) in [5.74, 6) is 1.10. The fourth-order valence-corrected chi connectivity index (χ4v) is 5.32. The Balaban J connectivity index is 1.55. The van der Waals surface area contributed by atoms with E-state index in [4.69, 9.17) is 4.98 Å². The third kappa shape index (κ3) is 2.95. The Bertz CT molecular complexity index is 1180. The van der Waals surface area contributed by atoms with Crippen molar-refractivity contribution in [1.29, 1.82) is 5.26 Å². The lowest BCUT2D eigenvalue weighted by molar-refractivity contribution is 0.273. The van der Waals surface area contributed by atoms with E-state index in [0.717, 1.165) is 33.2 Å². The molecule has 3 aromatic rings. The van der Waals surface area contributed by atoms with Crippen molar-refractivity contribution in [2.45, 2.75) is 44.4 Å². The first kappa shape index (κ1) is 17.6. The highest BCUT2D eigenvalue weighted by molar-refractivity contribution is 7.17. The fourth-order valence-electron chi connectivity index (χ4n) is 4.26. The van der Waals surface area contributed by atoms with E-state index in [1.807, 2.05) is 19.1 Å². The molecule has 28 heavy (non-hydrogen) atoms. The lowest BCUT2D eigenvalue weighted by Gasteiger charge is -2.09. The Kier molecular flexibility index (Phi) is 4.11. The lowest BCUT2D eigenvalue weighted by Crippen LogP contribution is -2.17. The second-order valence-corrected chi connectivity index (χ2v) is 9.19. The SMILES string of the molecule is Cc1sc2nc(Cc3cc(C#N)ccc3C3CC3)cc(=O)n2c1C1CC1CO. The first-order valence-corrected chi connectivity index (χ1v) is 10.6. The summed E-state index contributed by atoms with van der Waals surface area (Å²) in [4.78, 5) is 19.5. The predicted molar refractivity (Wildman–Crippen MR) is 108 cm³/mol. The number of benzene rings is 1. The van der Waals surface area contributed by atoms with Crippen LogP contribution in [0.5, 0.6) is 0 Å². The van der Waals surface area contributed by atoms with Gasteiger partial charge in [0.1, 0.15) is 0 Å². The largest absolute Gasteiger partial charge is 0.396 e. The minimum atomic E-state index is -0.0488. The Morgan fingerprint density at radius 1 is 1.36 bits per heavy atom. The van der Waals surface area contributed by atoms with Crippen molar-refractivity contribution in [3.63, 3.8) is 0 Å². The van der Waals surface area contributed by atoms with Crippen LogP contribution in [0, 0.1) is 24.2 Å². The van der Waals surface area contributed by atoms with Gasteiger partial charge in [0, 0.05) is 35.6 Å². The molecule has 5 nitrogen and oxygen atoms in total. The van der Waals surface area contributed by atoms with Crippen LogP contribution < -0.4 is 5.56 Å². The van der Waals surface area contributed by atoms with E-state index in [1.165, 1.54) is 18.4 Å². The van der Waals surface area contributed by atoms with Gasteiger partial charge in [-0.1, -0.05) is 6.07 Å². The smallest absolute Gasteiger partial charge is 0.258 e. The van der Waals surface area contributed by atoms with Gasteiger partial charge in [0.05, 0.1) is 17.3 Å². The number of hydrogen-bond acceptors (Lipinski definition) is 5. The Hall–Kier alpha value is -2.49. The summed E-state index contributed by atoms with van der Waals surface area (Å²) in [6, 6.07) is 9.73. The molecule has 6 heteroatoms. The number of fused-ring (bicyclic) bond motifs is 1. The van der Waals surface area contributed by atoms with Crippen LogP contribution in [0.4, 0.5) is 0 Å². The Morgan fingerprint density at radius 2 is 2.18 bits per heavy atom. The molecule has 2 unspecified atom stereocenters. The number of rotatable bonds is 5. The first-order valence-electron chi connectivity index (χ1n) is 9.74. The highest BCUT2D eigenvalue weighted by Crippen LogP contribution is 2.49. The summed E-state index contributed by atoms with van der Waals surface area (Å²) in [5, 5.41) is 18.7. The molecule has 5 rings (SSSR count). The van der Waals surface area contributed by atoms with Crippen molar-refractivity contribution in [2.24, 2.45) is 5.92 Å². The predicted octanol–water partition coefficient (Wildman–Crippen LogP) is 3.50. The molecule has 2 fully saturated rings. The first-order chi connectivity index (χ1) is 13.6. The van der Waals surface area contributed by atoms with E-state index in [1.54, 1.807) is 21.8 Å². The van der Waals surface area contributed by atoms with E-state index in [0.29, 0.717) is 17.9 Å². The van der Waals surface area contributed by atoms with E-state index in [9.17, 15) is 15.2 Å². The van der Waals surface area contributed by atoms with E-state index in [2.05, 4.69) is 12.1 Å². The quantitative estimate of drug-likeness (QED) is 0.722. The van der Waals surface area contributed by atoms with Crippen LogP contribution in [0.25, 0.3) is 4.96 Å². The Labute approximate surface area is 166 Å². The number of nitrogens with zero attached hydrogens (tertiary/aromatic N) is 3. The second-order valence-electron chi connectivity index (χ2n) is 8.01. The molecule has 1 N–H and O–H groups in total. The van der Waals surface area contributed by atoms with E-state index in [-0.39, 0.29) is 24.0 Å². The molecule has 0 spiro atoms. The van der Waals surface area contributed by atoms with Gasteiger partial charge in [-0.25, -0.2) is 4.98 Å². The maximum absolute atomic E-state index is 12.9. The number of thiazole rings is 1. The van der Waals surface area contributed by atoms with Crippen molar-refractivity contribution < 1.29 is 5.11 Å². The average Bonchev–Trinajstić information content (AvgIpc) is 3.59. The maximum atomic E-state index is 12.9. The van der Waals surface area contributed by atoms with Gasteiger partial charge >= 0.3 is 0 Å². The lowest BCUT2D eigenvalue weighted by atomic mass is 9.97.